The van der Waals surface area contributed by atoms with Gasteiger partial charge in [-0.3, -0.25) is 0 Å². The van der Waals surface area contributed by atoms with Crippen LogP contribution in [-0.2, 0) is 0 Å². The zero-order valence-corrected chi connectivity index (χ0v) is 11.4. The molecule has 0 aliphatic rings. The number of aromatic nitrogens is 1. The number of nitrogen functional groups attached to an aromatic ring is 1. The summed E-state index contributed by atoms with van der Waals surface area (Å²) in [7, 11) is 0. The van der Waals surface area contributed by atoms with Crippen molar-refractivity contribution in [2.24, 2.45) is 0 Å². The van der Waals surface area contributed by atoms with Crippen LogP contribution in [-0.4, -0.2) is 5.16 Å². The molecular formula is C15H9ClF2N2O. The summed E-state index contributed by atoms with van der Waals surface area (Å²) < 4.78 is 32.7. The molecular weight excluding hydrogens is 298 g/mol. The van der Waals surface area contributed by atoms with E-state index in [0.717, 1.165) is 0 Å². The fraction of sp³-hybridized carbons (Fsp3) is 0. The van der Waals surface area contributed by atoms with Crippen LogP contribution in [0, 0.1) is 11.6 Å². The van der Waals surface area contributed by atoms with Crippen molar-refractivity contribution in [3.05, 3.63) is 59.1 Å². The van der Waals surface area contributed by atoms with Crippen LogP contribution in [0.5, 0.6) is 0 Å². The predicted molar refractivity (Wildman–Crippen MR) is 76.7 cm³/mol. The van der Waals surface area contributed by atoms with Gasteiger partial charge in [0.05, 0.1) is 10.6 Å². The van der Waals surface area contributed by atoms with E-state index in [9.17, 15) is 8.78 Å². The van der Waals surface area contributed by atoms with Gasteiger partial charge in [-0.2, -0.15) is 0 Å². The molecule has 0 aliphatic heterocycles. The van der Waals surface area contributed by atoms with Gasteiger partial charge in [0.2, 0.25) is 0 Å². The molecule has 3 aromatic rings. The van der Waals surface area contributed by atoms with Gasteiger partial charge in [-0.1, -0.05) is 41.0 Å². The molecule has 0 bridgehead atoms. The average molecular weight is 307 g/mol. The first kappa shape index (κ1) is 13.6. The van der Waals surface area contributed by atoms with E-state index in [0.29, 0.717) is 0 Å². The summed E-state index contributed by atoms with van der Waals surface area (Å²) in [6.07, 6.45) is 0. The largest absolute Gasteiger partial charge is 0.380 e. The Morgan fingerprint density at radius 2 is 1.62 bits per heavy atom. The SMILES string of the molecule is Nc1noc(-c2cccc(F)c2Cl)c1-c1ccccc1F. The molecule has 0 saturated heterocycles. The van der Waals surface area contributed by atoms with Crippen molar-refractivity contribution in [2.75, 3.05) is 5.73 Å². The molecule has 0 fully saturated rings. The Bertz CT molecular complexity index is 817. The highest BCUT2D eigenvalue weighted by atomic mass is 35.5. The molecule has 0 unspecified atom stereocenters. The summed E-state index contributed by atoms with van der Waals surface area (Å²) in [5.41, 5.74) is 6.49. The standard InChI is InChI=1S/C15H9ClF2N2O/c16-13-9(5-3-7-11(13)18)14-12(15(19)20-21-14)8-4-1-2-6-10(8)17/h1-7H,(H2,19,20). The maximum Gasteiger partial charge on any atom is 0.178 e. The molecule has 0 spiro atoms. The smallest absolute Gasteiger partial charge is 0.178 e. The van der Waals surface area contributed by atoms with Crippen LogP contribution in [0.3, 0.4) is 0 Å². The zero-order valence-electron chi connectivity index (χ0n) is 10.6. The van der Waals surface area contributed by atoms with Crippen LogP contribution in [0.25, 0.3) is 22.5 Å². The first-order chi connectivity index (χ1) is 10.1. The Labute approximate surface area is 123 Å². The van der Waals surface area contributed by atoms with Crippen molar-refractivity contribution in [2.45, 2.75) is 0 Å². The van der Waals surface area contributed by atoms with Gasteiger partial charge in [-0.05, 0) is 18.2 Å². The molecule has 0 amide bonds. The lowest BCUT2D eigenvalue weighted by Crippen LogP contribution is -1.92. The van der Waals surface area contributed by atoms with Gasteiger partial charge in [0, 0.05) is 11.1 Å². The van der Waals surface area contributed by atoms with Gasteiger partial charge >= 0.3 is 0 Å². The molecule has 6 heteroatoms. The maximum atomic E-state index is 14.0. The molecule has 2 N–H and O–H groups in total. The Kier molecular flexibility index (Phi) is 3.35. The van der Waals surface area contributed by atoms with Gasteiger partial charge in [0.25, 0.3) is 0 Å². The number of hydrogen-bond acceptors (Lipinski definition) is 3. The molecule has 0 saturated carbocycles. The first-order valence-corrected chi connectivity index (χ1v) is 6.42. The van der Waals surface area contributed by atoms with E-state index in [-0.39, 0.29) is 33.3 Å². The van der Waals surface area contributed by atoms with Crippen LogP contribution in [0.1, 0.15) is 0 Å². The Balaban J connectivity index is 2.28. The highest BCUT2D eigenvalue weighted by Crippen LogP contribution is 2.40. The number of hydrogen-bond donors (Lipinski definition) is 1. The van der Waals surface area contributed by atoms with E-state index in [4.69, 9.17) is 21.9 Å². The lowest BCUT2D eigenvalue weighted by atomic mass is 10.0. The van der Waals surface area contributed by atoms with Gasteiger partial charge in [-0.25, -0.2) is 8.78 Å². The number of nitrogens with zero attached hydrogens (tertiary/aromatic N) is 1. The second kappa shape index (κ2) is 5.18. The van der Waals surface area contributed by atoms with Gasteiger partial charge in [0.15, 0.2) is 11.6 Å². The maximum absolute atomic E-state index is 14.0. The summed E-state index contributed by atoms with van der Waals surface area (Å²) in [5, 5.41) is 3.50. The topological polar surface area (TPSA) is 52.0 Å². The van der Waals surface area contributed by atoms with Gasteiger partial charge in [0.1, 0.15) is 11.6 Å². The number of nitrogens with two attached hydrogens (primary N) is 1. The molecule has 1 heterocycles. The predicted octanol–water partition coefficient (Wildman–Crippen LogP) is 4.52. The van der Waals surface area contributed by atoms with E-state index >= 15 is 0 Å². The minimum absolute atomic E-state index is 0.00966. The normalized spacial score (nSPS) is 10.8. The van der Waals surface area contributed by atoms with Crippen molar-refractivity contribution in [1.29, 1.82) is 0 Å². The lowest BCUT2D eigenvalue weighted by Gasteiger charge is -2.06. The lowest BCUT2D eigenvalue weighted by molar-refractivity contribution is 0.436. The second-order valence-electron chi connectivity index (χ2n) is 4.35. The Morgan fingerprint density at radius 1 is 0.952 bits per heavy atom. The monoisotopic (exact) mass is 306 g/mol. The molecule has 3 rings (SSSR count). The summed E-state index contributed by atoms with van der Waals surface area (Å²) in [6.45, 7) is 0. The van der Waals surface area contributed by atoms with Gasteiger partial charge in [-0.15, -0.1) is 0 Å². The van der Waals surface area contributed by atoms with Gasteiger partial charge < -0.3 is 10.3 Å². The molecule has 106 valence electrons. The minimum Gasteiger partial charge on any atom is -0.380 e. The molecule has 3 nitrogen and oxygen atoms in total. The van der Waals surface area contributed by atoms with Crippen LogP contribution < -0.4 is 5.73 Å². The molecule has 0 atom stereocenters. The molecule has 1 aromatic heterocycles. The fourth-order valence-corrected chi connectivity index (χ4v) is 2.30. The highest BCUT2D eigenvalue weighted by molar-refractivity contribution is 6.33. The Hall–Kier alpha value is -2.40. The van der Waals surface area contributed by atoms with E-state index in [2.05, 4.69) is 5.16 Å². The molecule has 0 aliphatic carbocycles. The second-order valence-corrected chi connectivity index (χ2v) is 4.73. The third kappa shape index (κ3) is 2.25. The highest BCUT2D eigenvalue weighted by Gasteiger charge is 2.22. The molecule has 0 radical (unpaired) electrons. The minimum atomic E-state index is -0.608. The van der Waals surface area contributed by atoms with E-state index in [1.165, 1.54) is 24.3 Å². The first-order valence-electron chi connectivity index (χ1n) is 6.04. The third-order valence-corrected chi connectivity index (χ3v) is 3.44. The quantitative estimate of drug-likeness (QED) is 0.757. The number of anilines is 1. The van der Waals surface area contributed by atoms with Crippen molar-refractivity contribution < 1.29 is 13.3 Å². The summed E-state index contributed by atoms with van der Waals surface area (Å²) >= 11 is 5.94. The number of rotatable bonds is 2. The van der Waals surface area contributed by atoms with Crippen molar-refractivity contribution in [1.82, 2.24) is 5.16 Å². The summed E-state index contributed by atoms with van der Waals surface area (Å²) in [4.78, 5) is 0. The van der Waals surface area contributed by atoms with E-state index < -0.39 is 11.6 Å². The van der Waals surface area contributed by atoms with Crippen molar-refractivity contribution in [3.8, 4) is 22.5 Å². The zero-order chi connectivity index (χ0) is 15.0. The number of halogens is 3. The number of benzene rings is 2. The average Bonchev–Trinajstić information content (AvgIpc) is 2.84. The van der Waals surface area contributed by atoms with Crippen molar-refractivity contribution >= 4 is 17.4 Å². The van der Waals surface area contributed by atoms with Crippen LogP contribution >= 0.6 is 11.6 Å². The summed E-state index contributed by atoms with van der Waals surface area (Å²) in [6, 6.07) is 10.3. The molecule has 21 heavy (non-hydrogen) atoms. The molecule has 2 aromatic carbocycles. The third-order valence-electron chi connectivity index (χ3n) is 3.06. The van der Waals surface area contributed by atoms with E-state index in [1.807, 2.05) is 0 Å². The van der Waals surface area contributed by atoms with Crippen molar-refractivity contribution in [3.63, 3.8) is 0 Å². The fourth-order valence-electron chi connectivity index (χ4n) is 2.09. The van der Waals surface area contributed by atoms with E-state index in [1.54, 1.807) is 18.2 Å². The Morgan fingerprint density at radius 3 is 2.38 bits per heavy atom. The van der Waals surface area contributed by atoms with Crippen LogP contribution in [0.15, 0.2) is 47.0 Å². The van der Waals surface area contributed by atoms with Crippen LogP contribution in [0.2, 0.25) is 5.02 Å². The summed E-state index contributed by atoms with van der Waals surface area (Å²) in [5.74, 6) is -0.956. The van der Waals surface area contributed by atoms with Crippen LogP contribution in [0.4, 0.5) is 14.6 Å².